The van der Waals surface area contributed by atoms with Crippen molar-refractivity contribution in [2.45, 2.75) is 118 Å². The lowest BCUT2D eigenvalue weighted by Gasteiger charge is -2.40. The van der Waals surface area contributed by atoms with E-state index in [2.05, 4.69) is 0 Å². The topological polar surface area (TPSA) is 387 Å². The number of fused-ring (bicyclic) bond motifs is 1. The summed E-state index contributed by atoms with van der Waals surface area (Å²) in [6.07, 6.45) is -11.2. The number of carbonyl (C=O) groups is 4. The van der Waals surface area contributed by atoms with Gasteiger partial charge in [-0.3, -0.25) is 4.79 Å². The number of ether oxygens (including phenoxy) is 6. The summed E-state index contributed by atoms with van der Waals surface area (Å²) in [4.78, 5) is 53.8. The average molecular weight is 1030 g/mol. The second-order valence-electron chi connectivity index (χ2n) is 19.4. The second-order valence-corrected chi connectivity index (χ2v) is 19.4. The Balaban J connectivity index is 1.04. The van der Waals surface area contributed by atoms with Gasteiger partial charge >= 0.3 is 11.9 Å². The zero-order valence-electron chi connectivity index (χ0n) is 39.2. The number of phenolic OH excluding ortho intramolecular Hbond substituents is 3. The number of esters is 2. The Morgan fingerprint density at radius 3 is 1.59 bits per heavy atom. The van der Waals surface area contributed by atoms with Crippen molar-refractivity contribution in [2.24, 2.45) is 28.6 Å². The summed E-state index contributed by atoms with van der Waals surface area (Å²) in [6, 6.07) is 8.14. The Kier molecular flexibility index (Phi) is 17.7. The molecule has 2 saturated heterocycles. The molecule has 0 aromatic heterocycles. The number of aldehydes is 2. The van der Waals surface area contributed by atoms with Gasteiger partial charge in [0, 0.05) is 5.92 Å². The van der Waals surface area contributed by atoms with Crippen molar-refractivity contribution in [1.29, 1.82) is 0 Å². The van der Waals surface area contributed by atoms with Gasteiger partial charge in [-0.2, -0.15) is 0 Å². The normalized spacial score (nSPS) is 37.7. The fourth-order valence-electron chi connectivity index (χ4n) is 10.1. The molecule has 2 heterocycles. The largest absolute Gasteiger partial charge is 0.508 e. The van der Waals surface area contributed by atoms with Gasteiger partial charge in [0.25, 0.3) is 0 Å². The molecule has 0 bridgehead atoms. The van der Waals surface area contributed by atoms with Crippen LogP contribution in [0.1, 0.15) is 61.1 Å². The van der Waals surface area contributed by atoms with Crippen molar-refractivity contribution >= 4 is 30.6 Å². The predicted molar refractivity (Wildman–Crippen MR) is 245 cm³/mol. The Hall–Kier alpha value is -5.54. The molecule has 3 aliphatic carbocycles. The minimum Gasteiger partial charge on any atom is -0.508 e. The highest BCUT2D eigenvalue weighted by Crippen LogP contribution is 2.48. The Labute approximate surface area is 417 Å². The van der Waals surface area contributed by atoms with Crippen LogP contribution >= 0.6 is 0 Å². The molecule has 0 unspecified atom stereocenters. The maximum atomic E-state index is 14.6. The van der Waals surface area contributed by atoms with Crippen molar-refractivity contribution in [2.75, 3.05) is 26.4 Å². The summed E-state index contributed by atoms with van der Waals surface area (Å²) in [5.41, 5.74) is -2.32. The molecular formula is C50H62O23. The van der Waals surface area contributed by atoms with Crippen LogP contribution in [0.3, 0.4) is 0 Å². The van der Waals surface area contributed by atoms with E-state index in [0.29, 0.717) is 23.7 Å². The van der Waals surface area contributed by atoms with E-state index < -0.39 is 145 Å². The van der Waals surface area contributed by atoms with Gasteiger partial charge in [-0.1, -0.05) is 12.1 Å². The molecule has 5 aliphatic rings. The van der Waals surface area contributed by atoms with Crippen molar-refractivity contribution in [3.63, 3.8) is 0 Å². The highest BCUT2D eigenvalue weighted by molar-refractivity contribution is 6.02. The molecule has 0 radical (unpaired) electrons. The van der Waals surface area contributed by atoms with Gasteiger partial charge < -0.3 is 104 Å². The SMILES string of the molecule is O=C[C@]1(/C=C/O[C@@H]2O[C@H](CO)[C@@H](O)[C@H](O)[C@H]2O)CC[C@H](COC(=O)C2=Cc3cc(O)c(O)cc3[C@@H](c3ccc(O)cc3)[C@@H]2C(=O)OC[C@H]2CC[C@](C=O)(/C=C/O[C@@H]3O[C@H](CO)[C@@H](O)[C@H](O)[C@H]3O)[C@@H](O)C2)C[C@@H]1O. The highest BCUT2D eigenvalue weighted by Gasteiger charge is 2.49. The maximum absolute atomic E-state index is 14.6. The van der Waals surface area contributed by atoms with E-state index in [-0.39, 0.29) is 68.6 Å². The Morgan fingerprint density at radius 2 is 1.12 bits per heavy atom. The quantitative estimate of drug-likeness (QED) is 0.0367. The van der Waals surface area contributed by atoms with E-state index in [4.69, 9.17) is 28.4 Å². The summed E-state index contributed by atoms with van der Waals surface area (Å²) >= 11 is 0. The van der Waals surface area contributed by atoms with Gasteiger partial charge in [-0.15, -0.1) is 0 Å². The fourth-order valence-corrected chi connectivity index (χ4v) is 10.1. The maximum Gasteiger partial charge on any atom is 0.334 e. The van der Waals surface area contributed by atoms with E-state index in [1.807, 2.05) is 0 Å². The van der Waals surface area contributed by atoms with Gasteiger partial charge in [0.1, 0.15) is 67.2 Å². The number of aliphatic hydroxyl groups is 10. The Morgan fingerprint density at radius 1 is 0.644 bits per heavy atom. The number of carbonyl (C=O) groups excluding carboxylic acids is 4. The predicted octanol–water partition coefficient (Wildman–Crippen LogP) is -1.61. The third-order valence-corrected chi connectivity index (χ3v) is 14.8. The molecule has 2 aliphatic heterocycles. The molecule has 73 heavy (non-hydrogen) atoms. The molecule has 23 nitrogen and oxygen atoms in total. The minimum absolute atomic E-state index is 0.0255. The number of hydrogen-bond acceptors (Lipinski definition) is 23. The van der Waals surface area contributed by atoms with E-state index in [1.165, 1.54) is 54.6 Å². The summed E-state index contributed by atoms with van der Waals surface area (Å²) in [7, 11) is 0. The molecule has 0 spiro atoms. The molecule has 13 N–H and O–H groups in total. The van der Waals surface area contributed by atoms with Crippen LogP contribution in [0.15, 0.2) is 66.6 Å². The van der Waals surface area contributed by atoms with Crippen molar-refractivity contribution in [3.8, 4) is 17.2 Å². The molecule has 400 valence electrons. The lowest BCUT2D eigenvalue weighted by atomic mass is 9.69. The van der Waals surface area contributed by atoms with Crippen molar-refractivity contribution in [3.05, 3.63) is 83.3 Å². The molecule has 7 rings (SSSR count). The standard InChI is InChI=1S/C50H62O23/c51-18-33-39(60)41(62)43(64)47(72-33)68-11-9-49(22-53)7-5-24(13-35(49)58)20-70-45(66)30-15-27-16-31(56)32(57)17-29(27)37(26-1-3-28(55)4-2-26)38(30)46(67)71-21-25-6-8-50(23-54,36(59)14-25)10-12-69-48-44(65)42(63)40(61)34(19-52)73-48/h1-4,9-12,15-17,22-25,33-44,47-48,51-52,55-65H,5-8,13-14,18-21H2/b11-9+,12-10+/t24-,25-,33+,34+,35-,36-,37+,38+,39+,40+,41-,42-,43+,44+,47+,48+,49+,50+/m0/s1. The van der Waals surface area contributed by atoms with Gasteiger partial charge in [-0.25, -0.2) is 4.79 Å². The highest BCUT2D eigenvalue weighted by atomic mass is 16.7. The van der Waals surface area contributed by atoms with Crippen LogP contribution in [0.25, 0.3) is 6.08 Å². The van der Waals surface area contributed by atoms with Gasteiger partial charge in [0.15, 0.2) is 11.5 Å². The fraction of sp³-hybridized carbons (Fsp3) is 0.560. The monoisotopic (exact) mass is 1030 g/mol. The lowest BCUT2D eigenvalue weighted by Crippen LogP contribution is -2.58. The molecule has 4 fully saturated rings. The molecule has 2 aromatic rings. The number of aliphatic hydroxyl groups excluding tert-OH is 10. The summed E-state index contributed by atoms with van der Waals surface area (Å²) < 4.78 is 33.2. The van der Waals surface area contributed by atoms with Gasteiger partial charge in [0.2, 0.25) is 12.6 Å². The minimum atomic E-state index is -1.72. The first kappa shape index (κ1) is 55.2. The summed E-state index contributed by atoms with van der Waals surface area (Å²) in [6.45, 7) is -1.99. The molecule has 23 heteroatoms. The van der Waals surface area contributed by atoms with Crippen LogP contribution < -0.4 is 0 Å². The number of aromatic hydroxyl groups is 3. The lowest BCUT2D eigenvalue weighted by molar-refractivity contribution is -0.288. The third kappa shape index (κ3) is 11.6. The first-order valence-electron chi connectivity index (χ1n) is 23.8. The van der Waals surface area contributed by atoms with Crippen molar-refractivity contribution in [1.82, 2.24) is 0 Å². The van der Waals surface area contributed by atoms with E-state index in [0.717, 1.165) is 12.5 Å². The van der Waals surface area contributed by atoms with Crippen LogP contribution in [0.4, 0.5) is 0 Å². The second kappa shape index (κ2) is 23.3. The van der Waals surface area contributed by atoms with Crippen LogP contribution in [0.2, 0.25) is 0 Å². The molecular weight excluding hydrogens is 969 g/mol. The molecule has 0 amide bonds. The smallest absolute Gasteiger partial charge is 0.334 e. The molecule has 2 aromatic carbocycles. The summed E-state index contributed by atoms with van der Waals surface area (Å²) in [5.74, 6) is -6.72. The number of benzene rings is 2. The van der Waals surface area contributed by atoms with E-state index >= 15 is 0 Å². The van der Waals surface area contributed by atoms with Crippen LogP contribution in [-0.4, -0.2) is 191 Å². The van der Waals surface area contributed by atoms with Gasteiger partial charge in [0.05, 0.1) is 73.5 Å². The number of hydrogen-bond donors (Lipinski definition) is 13. The Bertz CT molecular complexity index is 2350. The first-order chi connectivity index (χ1) is 34.8. The average Bonchev–Trinajstić information content (AvgIpc) is 3.38. The van der Waals surface area contributed by atoms with E-state index in [1.54, 1.807) is 0 Å². The number of rotatable bonds is 17. The van der Waals surface area contributed by atoms with Gasteiger partial charge in [-0.05, 0) is 110 Å². The molecule has 2 saturated carbocycles. The summed E-state index contributed by atoms with van der Waals surface area (Å²) in [5, 5.41) is 134. The first-order valence-corrected chi connectivity index (χ1v) is 23.8. The zero-order chi connectivity index (χ0) is 52.9. The van der Waals surface area contributed by atoms with E-state index in [9.17, 15) is 85.6 Å². The van der Waals surface area contributed by atoms with Crippen LogP contribution in [0.5, 0.6) is 17.2 Å². The zero-order valence-corrected chi connectivity index (χ0v) is 39.2. The van der Waals surface area contributed by atoms with Crippen molar-refractivity contribution < 1.29 is 114 Å². The molecule has 18 atom stereocenters. The third-order valence-electron chi connectivity index (χ3n) is 14.8. The van der Waals surface area contributed by atoms with Crippen LogP contribution in [0, 0.1) is 28.6 Å². The number of phenols is 3. The van der Waals surface area contributed by atoms with Crippen LogP contribution in [-0.2, 0) is 47.6 Å².